The van der Waals surface area contributed by atoms with Crippen LogP contribution in [0.15, 0.2) is 60.2 Å². The van der Waals surface area contributed by atoms with Gasteiger partial charge in [-0.25, -0.2) is 0 Å². The first-order valence-electron chi connectivity index (χ1n) is 7.17. The number of benzene rings is 1. The number of pyridine rings is 1. The minimum Gasteiger partial charge on any atom is -0.307 e. The fraction of sp³-hybridized carbons (Fsp3) is 0.278. The highest BCUT2D eigenvalue weighted by Crippen LogP contribution is 2.16. The van der Waals surface area contributed by atoms with Crippen molar-refractivity contribution in [1.29, 1.82) is 0 Å². The average molecular weight is 266 g/mol. The third-order valence-corrected chi connectivity index (χ3v) is 3.24. The van der Waals surface area contributed by atoms with Crippen LogP contribution in [0.2, 0.25) is 0 Å². The zero-order chi connectivity index (χ0) is 14.4. The Morgan fingerprint density at radius 1 is 1.15 bits per heavy atom. The van der Waals surface area contributed by atoms with Gasteiger partial charge in [-0.15, -0.1) is 0 Å². The van der Waals surface area contributed by atoms with Crippen LogP contribution in [-0.4, -0.2) is 11.1 Å². The Kier molecular flexibility index (Phi) is 4.94. The second kappa shape index (κ2) is 6.90. The maximum atomic E-state index is 4.71. The minimum absolute atomic E-state index is 0.863. The van der Waals surface area contributed by atoms with E-state index in [4.69, 9.17) is 4.99 Å². The van der Waals surface area contributed by atoms with Gasteiger partial charge in [0.15, 0.2) is 0 Å². The molecule has 0 fully saturated rings. The standard InChI is InChI=1S/C18H22N2/c1-4-5-12-19-18-14-17(11-13-20(18)15(2)3)16-9-7-6-8-10-16/h6-11,13-14H,2,4-5,12H2,1,3H3. The normalized spacial score (nSPS) is 11.6. The molecule has 0 unspecified atom stereocenters. The fourth-order valence-electron chi connectivity index (χ4n) is 2.09. The van der Waals surface area contributed by atoms with Gasteiger partial charge in [0.1, 0.15) is 5.49 Å². The Hall–Kier alpha value is -2.09. The van der Waals surface area contributed by atoms with Crippen LogP contribution in [0.1, 0.15) is 26.7 Å². The van der Waals surface area contributed by atoms with E-state index >= 15 is 0 Å². The average Bonchev–Trinajstić information content (AvgIpc) is 2.48. The summed E-state index contributed by atoms with van der Waals surface area (Å²) in [7, 11) is 0. The zero-order valence-corrected chi connectivity index (χ0v) is 12.3. The van der Waals surface area contributed by atoms with Crippen molar-refractivity contribution in [3.05, 3.63) is 60.7 Å². The molecule has 0 radical (unpaired) electrons. The second-order valence-electron chi connectivity index (χ2n) is 4.98. The molecule has 0 atom stereocenters. The highest BCUT2D eigenvalue weighted by atomic mass is 15.0. The first-order chi connectivity index (χ1) is 9.72. The largest absolute Gasteiger partial charge is 0.307 e. The van der Waals surface area contributed by atoms with Gasteiger partial charge in [0.05, 0.1) is 0 Å². The number of allylic oxidation sites excluding steroid dienone is 1. The third kappa shape index (κ3) is 3.47. The molecule has 0 aliphatic carbocycles. The topological polar surface area (TPSA) is 17.3 Å². The molecule has 0 aliphatic rings. The predicted molar refractivity (Wildman–Crippen MR) is 86.2 cm³/mol. The van der Waals surface area contributed by atoms with Crippen LogP contribution in [0.3, 0.4) is 0 Å². The quantitative estimate of drug-likeness (QED) is 0.716. The molecule has 0 bridgehead atoms. The van der Waals surface area contributed by atoms with E-state index in [-0.39, 0.29) is 0 Å². The lowest BCUT2D eigenvalue weighted by atomic mass is 10.1. The molecule has 2 aromatic rings. The summed E-state index contributed by atoms with van der Waals surface area (Å²) in [6.07, 6.45) is 4.33. The Labute approximate surface area is 121 Å². The van der Waals surface area contributed by atoms with E-state index in [1.54, 1.807) is 0 Å². The smallest absolute Gasteiger partial charge is 0.132 e. The monoisotopic (exact) mass is 266 g/mol. The molecule has 1 aromatic heterocycles. The molecule has 2 rings (SSSR count). The van der Waals surface area contributed by atoms with Crippen LogP contribution in [0.4, 0.5) is 0 Å². The van der Waals surface area contributed by atoms with E-state index < -0.39 is 0 Å². The van der Waals surface area contributed by atoms with E-state index in [0.29, 0.717) is 0 Å². The van der Waals surface area contributed by atoms with Gasteiger partial charge in [0, 0.05) is 18.4 Å². The van der Waals surface area contributed by atoms with E-state index in [1.165, 1.54) is 11.1 Å². The van der Waals surface area contributed by atoms with Gasteiger partial charge in [-0.3, -0.25) is 4.99 Å². The first-order valence-corrected chi connectivity index (χ1v) is 7.17. The molecule has 0 spiro atoms. The van der Waals surface area contributed by atoms with Crippen molar-refractivity contribution in [1.82, 2.24) is 4.57 Å². The molecule has 2 nitrogen and oxygen atoms in total. The van der Waals surface area contributed by atoms with Crippen molar-refractivity contribution in [2.24, 2.45) is 4.99 Å². The summed E-state index contributed by atoms with van der Waals surface area (Å²) >= 11 is 0. The first kappa shape index (κ1) is 14.3. The van der Waals surface area contributed by atoms with Gasteiger partial charge in [-0.1, -0.05) is 50.3 Å². The summed E-state index contributed by atoms with van der Waals surface area (Å²) in [6.45, 7) is 9.07. The predicted octanol–water partition coefficient (Wildman–Crippen LogP) is 4.35. The van der Waals surface area contributed by atoms with Gasteiger partial charge in [0.2, 0.25) is 0 Å². The van der Waals surface area contributed by atoms with Gasteiger partial charge in [-0.05, 0) is 36.6 Å². The number of rotatable bonds is 5. The number of hydrogen-bond donors (Lipinski definition) is 0. The summed E-state index contributed by atoms with van der Waals surface area (Å²) in [6, 6.07) is 14.6. The lowest BCUT2D eigenvalue weighted by Gasteiger charge is -2.09. The maximum absolute atomic E-state index is 4.71. The molecule has 104 valence electrons. The van der Waals surface area contributed by atoms with E-state index in [1.807, 2.05) is 17.6 Å². The van der Waals surface area contributed by atoms with E-state index in [2.05, 4.69) is 56.1 Å². The molecule has 0 saturated carbocycles. The summed E-state index contributed by atoms with van der Waals surface area (Å²) in [4.78, 5) is 4.71. The van der Waals surface area contributed by atoms with Gasteiger partial charge in [-0.2, -0.15) is 0 Å². The van der Waals surface area contributed by atoms with Gasteiger partial charge < -0.3 is 4.57 Å². The SMILES string of the molecule is C=C(C)n1ccc(-c2ccccc2)cc1=NCCCC. The van der Waals surface area contributed by atoms with Crippen LogP contribution >= 0.6 is 0 Å². The summed E-state index contributed by atoms with van der Waals surface area (Å²) in [5, 5.41) is 0. The number of nitrogens with zero attached hydrogens (tertiary/aromatic N) is 2. The fourth-order valence-corrected chi connectivity index (χ4v) is 2.09. The molecule has 20 heavy (non-hydrogen) atoms. The molecule has 2 heteroatoms. The second-order valence-corrected chi connectivity index (χ2v) is 4.98. The molecule has 1 aromatic carbocycles. The van der Waals surface area contributed by atoms with Gasteiger partial charge in [0.25, 0.3) is 0 Å². The maximum Gasteiger partial charge on any atom is 0.132 e. The lowest BCUT2D eigenvalue weighted by Crippen LogP contribution is -2.19. The van der Waals surface area contributed by atoms with E-state index in [9.17, 15) is 0 Å². The van der Waals surface area contributed by atoms with Crippen molar-refractivity contribution in [3.63, 3.8) is 0 Å². The molecule has 0 saturated heterocycles. The van der Waals surface area contributed by atoms with Crippen LogP contribution in [0.25, 0.3) is 16.8 Å². The van der Waals surface area contributed by atoms with Crippen molar-refractivity contribution in [2.75, 3.05) is 6.54 Å². The highest BCUT2D eigenvalue weighted by Gasteiger charge is 2.00. The highest BCUT2D eigenvalue weighted by molar-refractivity contribution is 5.62. The van der Waals surface area contributed by atoms with Gasteiger partial charge >= 0.3 is 0 Å². The molecule has 0 N–H and O–H groups in total. The molecular weight excluding hydrogens is 244 g/mol. The van der Waals surface area contributed by atoms with Crippen LogP contribution in [0, 0.1) is 0 Å². The third-order valence-electron chi connectivity index (χ3n) is 3.24. The minimum atomic E-state index is 0.863. The number of hydrogen-bond acceptors (Lipinski definition) is 1. The molecule has 0 amide bonds. The Morgan fingerprint density at radius 2 is 1.90 bits per heavy atom. The Morgan fingerprint density at radius 3 is 2.55 bits per heavy atom. The number of unbranched alkanes of at least 4 members (excludes halogenated alkanes) is 1. The summed E-state index contributed by atoms with van der Waals surface area (Å²) in [5.41, 5.74) is 4.37. The Bertz CT molecular complexity index is 636. The van der Waals surface area contributed by atoms with Crippen molar-refractivity contribution in [3.8, 4) is 11.1 Å². The van der Waals surface area contributed by atoms with Crippen LogP contribution < -0.4 is 5.49 Å². The van der Waals surface area contributed by atoms with Crippen molar-refractivity contribution < 1.29 is 0 Å². The summed E-state index contributed by atoms with van der Waals surface area (Å²) < 4.78 is 2.04. The van der Waals surface area contributed by atoms with Crippen molar-refractivity contribution >= 4 is 5.70 Å². The summed E-state index contributed by atoms with van der Waals surface area (Å²) in [5.74, 6) is 0. The van der Waals surface area contributed by atoms with Crippen LogP contribution in [-0.2, 0) is 0 Å². The molecule has 1 heterocycles. The lowest BCUT2D eigenvalue weighted by molar-refractivity contribution is 0.776. The van der Waals surface area contributed by atoms with Crippen LogP contribution in [0.5, 0.6) is 0 Å². The Balaban J connectivity index is 2.46. The van der Waals surface area contributed by atoms with Crippen molar-refractivity contribution in [2.45, 2.75) is 26.7 Å². The van der Waals surface area contributed by atoms with E-state index in [0.717, 1.165) is 30.6 Å². The molecular formula is C18H22N2. The molecule has 0 aliphatic heterocycles. The zero-order valence-electron chi connectivity index (χ0n) is 12.3. The number of aromatic nitrogens is 1.